The van der Waals surface area contributed by atoms with Gasteiger partial charge in [0.2, 0.25) is 5.91 Å². The minimum absolute atomic E-state index is 0.0790. The molecule has 4 heteroatoms. The van der Waals surface area contributed by atoms with E-state index in [9.17, 15) is 4.79 Å². The van der Waals surface area contributed by atoms with Crippen molar-refractivity contribution in [3.63, 3.8) is 0 Å². The van der Waals surface area contributed by atoms with Crippen LogP contribution in [-0.4, -0.2) is 31.2 Å². The molecular formula is C16H24N2O2. The van der Waals surface area contributed by atoms with Crippen molar-refractivity contribution in [2.24, 2.45) is 5.73 Å². The van der Waals surface area contributed by atoms with Gasteiger partial charge in [0.05, 0.1) is 12.1 Å². The van der Waals surface area contributed by atoms with Gasteiger partial charge in [0.25, 0.3) is 0 Å². The van der Waals surface area contributed by atoms with E-state index in [-0.39, 0.29) is 5.91 Å². The number of benzene rings is 1. The molecule has 0 aliphatic carbocycles. The second-order valence-corrected chi connectivity index (χ2v) is 5.36. The number of hydrogen-bond donors (Lipinski definition) is 2. The Bertz CT molecular complexity index is 402. The van der Waals surface area contributed by atoms with Gasteiger partial charge in [0.1, 0.15) is 0 Å². The Kier molecular flexibility index (Phi) is 6.02. The molecule has 0 radical (unpaired) electrons. The lowest BCUT2D eigenvalue weighted by Gasteiger charge is -2.22. The van der Waals surface area contributed by atoms with Crippen molar-refractivity contribution < 1.29 is 9.53 Å². The van der Waals surface area contributed by atoms with Gasteiger partial charge in [-0.25, -0.2) is 0 Å². The summed E-state index contributed by atoms with van der Waals surface area (Å²) in [6.07, 6.45) is 5.24. The zero-order valence-corrected chi connectivity index (χ0v) is 11.9. The van der Waals surface area contributed by atoms with Crippen LogP contribution in [0.1, 0.15) is 31.2 Å². The fraction of sp³-hybridized carbons (Fsp3) is 0.562. The minimum atomic E-state index is -0.482. The van der Waals surface area contributed by atoms with Crippen LogP contribution in [0.15, 0.2) is 30.3 Å². The first-order valence-electron chi connectivity index (χ1n) is 7.44. The second-order valence-electron chi connectivity index (χ2n) is 5.36. The van der Waals surface area contributed by atoms with E-state index in [4.69, 9.17) is 10.5 Å². The number of nitrogens with two attached hydrogens (primary N) is 1. The van der Waals surface area contributed by atoms with Gasteiger partial charge in [-0.2, -0.15) is 0 Å². The monoisotopic (exact) mass is 276 g/mol. The van der Waals surface area contributed by atoms with E-state index in [1.807, 2.05) is 30.3 Å². The van der Waals surface area contributed by atoms with Crippen LogP contribution in [0.3, 0.4) is 0 Å². The molecule has 1 aromatic carbocycles. The van der Waals surface area contributed by atoms with Gasteiger partial charge in [-0.1, -0.05) is 30.3 Å². The van der Waals surface area contributed by atoms with Crippen molar-refractivity contribution in [1.82, 2.24) is 5.32 Å². The van der Waals surface area contributed by atoms with Crippen molar-refractivity contribution in [3.05, 3.63) is 35.9 Å². The van der Waals surface area contributed by atoms with Gasteiger partial charge in [-0.3, -0.25) is 4.79 Å². The third kappa shape index (κ3) is 4.94. The molecule has 3 N–H and O–H groups in total. The van der Waals surface area contributed by atoms with Crippen LogP contribution in [-0.2, 0) is 16.0 Å². The highest BCUT2D eigenvalue weighted by Crippen LogP contribution is 2.14. The molecule has 1 aliphatic heterocycles. The highest BCUT2D eigenvalue weighted by Gasteiger charge is 2.16. The summed E-state index contributed by atoms with van der Waals surface area (Å²) in [7, 11) is 0. The molecule has 2 atom stereocenters. The summed E-state index contributed by atoms with van der Waals surface area (Å²) in [6, 6.07) is 9.37. The van der Waals surface area contributed by atoms with Gasteiger partial charge >= 0.3 is 0 Å². The molecule has 1 saturated heterocycles. The van der Waals surface area contributed by atoms with Gasteiger partial charge < -0.3 is 15.8 Å². The van der Waals surface area contributed by atoms with E-state index in [1.54, 1.807) is 0 Å². The van der Waals surface area contributed by atoms with Crippen molar-refractivity contribution in [3.8, 4) is 0 Å². The molecular weight excluding hydrogens is 252 g/mol. The van der Waals surface area contributed by atoms with Crippen molar-refractivity contribution in [2.45, 2.75) is 44.2 Å². The molecule has 0 spiro atoms. The number of amides is 1. The molecule has 1 aliphatic rings. The van der Waals surface area contributed by atoms with E-state index in [1.165, 1.54) is 6.42 Å². The third-order valence-corrected chi connectivity index (χ3v) is 3.67. The molecule has 1 amide bonds. The summed E-state index contributed by atoms with van der Waals surface area (Å²) in [4.78, 5) is 11.9. The number of ether oxygens (including phenoxy) is 1. The molecule has 1 heterocycles. The lowest BCUT2D eigenvalue weighted by atomic mass is 10.1. The highest BCUT2D eigenvalue weighted by molar-refractivity contribution is 5.81. The van der Waals surface area contributed by atoms with Crippen molar-refractivity contribution in [2.75, 3.05) is 13.2 Å². The Hall–Kier alpha value is -1.39. The number of rotatable bonds is 6. The average molecular weight is 276 g/mol. The van der Waals surface area contributed by atoms with Gasteiger partial charge in [0, 0.05) is 13.2 Å². The van der Waals surface area contributed by atoms with Crippen LogP contribution < -0.4 is 11.1 Å². The van der Waals surface area contributed by atoms with Crippen LogP contribution in [0.5, 0.6) is 0 Å². The second kappa shape index (κ2) is 8.02. The maximum atomic E-state index is 11.9. The van der Waals surface area contributed by atoms with Crippen LogP contribution in [0.25, 0.3) is 0 Å². The first-order valence-corrected chi connectivity index (χ1v) is 7.44. The van der Waals surface area contributed by atoms with Crippen molar-refractivity contribution in [1.29, 1.82) is 0 Å². The summed E-state index contributed by atoms with van der Waals surface area (Å²) in [6.45, 7) is 1.50. The quantitative estimate of drug-likeness (QED) is 0.830. The SMILES string of the molecule is N[C@H](Cc1ccccc1)C(=O)NCCC1CCCCO1. The van der Waals surface area contributed by atoms with E-state index in [0.717, 1.165) is 31.4 Å². The summed E-state index contributed by atoms with van der Waals surface area (Å²) >= 11 is 0. The number of nitrogens with one attached hydrogen (secondary N) is 1. The summed E-state index contributed by atoms with van der Waals surface area (Å²) in [5, 5.41) is 2.91. The normalized spacial score (nSPS) is 20.4. The Morgan fingerprint density at radius 3 is 2.85 bits per heavy atom. The molecule has 20 heavy (non-hydrogen) atoms. The van der Waals surface area contributed by atoms with Gasteiger partial charge in [-0.05, 0) is 37.7 Å². The summed E-state index contributed by atoms with van der Waals surface area (Å²) < 4.78 is 5.63. The minimum Gasteiger partial charge on any atom is -0.378 e. The molecule has 0 saturated carbocycles. The van der Waals surface area contributed by atoms with E-state index in [2.05, 4.69) is 5.32 Å². The molecule has 110 valence electrons. The average Bonchev–Trinajstić information content (AvgIpc) is 2.49. The number of hydrogen-bond acceptors (Lipinski definition) is 3. The van der Waals surface area contributed by atoms with Gasteiger partial charge in [-0.15, -0.1) is 0 Å². The summed E-state index contributed by atoms with van der Waals surface area (Å²) in [5.41, 5.74) is 7.01. The Morgan fingerprint density at radius 2 is 2.15 bits per heavy atom. The van der Waals surface area contributed by atoms with E-state index in [0.29, 0.717) is 19.1 Å². The lowest BCUT2D eigenvalue weighted by Crippen LogP contribution is -2.43. The predicted molar refractivity (Wildman–Crippen MR) is 79.3 cm³/mol. The maximum Gasteiger partial charge on any atom is 0.237 e. The largest absolute Gasteiger partial charge is 0.378 e. The van der Waals surface area contributed by atoms with Crippen LogP contribution in [0.2, 0.25) is 0 Å². The Labute approximate surface area is 120 Å². The zero-order valence-electron chi connectivity index (χ0n) is 11.9. The van der Waals surface area contributed by atoms with Gasteiger partial charge in [0.15, 0.2) is 0 Å². The number of carbonyl (C=O) groups excluding carboxylic acids is 1. The first-order chi connectivity index (χ1) is 9.75. The smallest absolute Gasteiger partial charge is 0.237 e. The molecule has 2 rings (SSSR count). The van der Waals surface area contributed by atoms with Crippen LogP contribution >= 0.6 is 0 Å². The van der Waals surface area contributed by atoms with E-state index < -0.39 is 6.04 Å². The highest BCUT2D eigenvalue weighted by atomic mass is 16.5. The molecule has 4 nitrogen and oxygen atoms in total. The van der Waals surface area contributed by atoms with Crippen molar-refractivity contribution >= 4 is 5.91 Å². The standard InChI is InChI=1S/C16H24N2O2/c17-15(12-13-6-2-1-3-7-13)16(19)18-10-9-14-8-4-5-11-20-14/h1-3,6-7,14-15H,4-5,8-12,17H2,(H,18,19)/t14?,15-/m1/s1. The zero-order chi connectivity index (χ0) is 14.2. The molecule has 0 bridgehead atoms. The van der Waals surface area contributed by atoms with E-state index >= 15 is 0 Å². The first kappa shape index (κ1) is 15.0. The summed E-state index contributed by atoms with van der Waals surface area (Å²) in [5.74, 6) is -0.0790. The Morgan fingerprint density at radius 1 is 1.35 bits per heavy atom. The Balaban J connectivity index is 1.66. The lowest BCUT2D eigenvalue weighted by molar-refractivity contribution is -0.122. The van der Waals surface area contributed by atoms with Crippen LogP contribution in [0.4, 0.5) is 0 Å². The molecule has 1 unspecified atom stereocenters. The fourth-order valence-corrected chi connectivity index (χ4v) is 2.48. The van der Waals surface area contributed by atoms with Crippen LogP contribution in [0, 0.1) is 0 Å². The number of carbonyl (C=O) groups is 1. The molecule has 0 aromatic heterocycles. The maximum absolute atomic E-state index is 11.9. The molecule has 1 aromatic rings. The predicted octanol–water partition coefficient (Wildman–Crippen LogP) is 1.63. The fourth-order valence-electron chi connectivity index (χ4n) is 2.48. The third-order valence-electron chi connectivity index (χ3n) is 3.67. The topological polar surface area (TPSA) is 64.4 Å². The molecule has 1 fully saturated rings.